The molecule has 5 nitrogen and oxygen atoms in total. The maximum Gasteiger partial charge on any atom is 0.328 e. The number of ether oxygens (including phenoxy) is 1. The van der Waals surface area contributed by atoms with Crippen LogP contribution in [0, 0.1) is 0 Å². The van der Waals surface area contributed by atoms with Gasteiger partial charge in [-0.15, -0.1) is 0 Å². The van der Waals surface area contributed by atoms with Crippen molar-refractivity contribution < 1.29 is 19.4 Å². The third-order valence-electron chi connectivity index (χ3n) is 2.35. The normalized spacial score (nSPS) is 19.5. The number of rotatable bonds is 4. The predicted molar refractivity (Wildman–Crippen MR) is 48.9 cm³/mol. The zero-order valence-electron chi connectivity index (χ0n) is 8.23. The van der Waals surface area contributed by atoms with Gasteiger partial charge in [0, 0.05) is 20.1 Å². The Morgan fingerprint density at radius 1 is 1.64 bits per heavy atom. The minimum Gasteiger partial charge on any atom is -0.480 e. The highest BCUT2D eigenvalue weighted by molar-refractivity contribution is 5.84. The van der Waals surface area contributed by atoms with E-state index in [4.69, 9.17) is 9.84 Å². The van der Waals surface area contributed by atoms with E-state index in [0.29, 0.717) is 13.0 Å². The quantitative estimate of drug-likeness (QED) is 0.700. The number of carbonyl (C=O) groups is 2. The largest absolute Gasteiger partial charge is 0.480 e. The summed E-state index contributed by atoms with van der Waals surface area (Å²) in [7, 11) is 1.43. The predicted octanol–water partition coefficient (Wildman–Crippen LogP) is 0.0985. The van der Waals surface area contributed by atoms with E-state index in [2.05, 4.69) is 0 Å². The first-order valence-electron chi connectivity index (χ1n) is 4.68. The first-order valence-corrected chi connectivity index (χ1v) is 4.68. The van der Waals surface area contributed by atoms with Crippen LogP contribution in [0.15, 0.2) is 0 Å². The van der Waals surface area contributed by atoms with Crippen molar-refractivity contribution in [2.24, 2.45) is 0 Å². The molecule has 1 saturated heterocycles. The van der Waals surface area contributed by atoms with Crippen molar-refractivity contribution in [2.75, 3.05) is 20.3 Å². The number of likely N-dealkylation sites (tertiary alicyclic amines) is 1. The van der Waals surface area contributed by atoms with Crippen LogP contribution in [0.4, 0.5) is 0 Å². The van der Waals surface area contributed by atoms with Crippen molar-refractivity contribution in [1.82, 2.24) is 4.90 Å². The summed E-state index contributed by atoms with van der Waals surface area (Å²) in [6.07, 6.45) is 2.18. The zero-order valence-corrected chi connectivity index (χ0v) is 8.23. The molecule has 1 aliphatic rings. The maximum absolute atomic E-state index is 11.4. The van der Waals surface area contributed by atoms with E-state index in [1.807, 2.05) is 0 Å². The second-order valence-electron chi connectivity index (χ2n) is 3.35. The van der Waals surface area contributed by atoms with E-state index in [0.717, 1.165) is 12.8 Å². The molecular weight excluding hydrogens is 186 g/mol. The van der Waals surface area contributed by atoms with Crippen LogP contribution in [-0.2, 0) is 14.3 Å². The number of carboxylic acid groups (broad SMARTS) is 1. The molecule has 0 aromatic rings. The SMILES string of the molecule is COCC(C(=O)O)N1CCCCC1=O. The Labute approximate surface area is 82.6 Å². The summed E-state index contributed by atoms with van der Waals surface area (Å²) in [5, 5.41) is 8.90. The molecule has 0 spiro atoms. The van der Waals surface area contributed by atoms with Gasteiger partial charge in [-0.2, -0.15) is 0 Å². The number of hydrogen-bond donors (Lipinski definition) is 1. The highest BCUT2D eigenvalue weighted by Gasteiger charge is 2.30. The van der Waals surface area contributed by atoms with Gasteiger partial charge in [-0.3, -0.25) is 4.79 Å². The fourth-order valence-electron chi connectivity index (χ4n) is 1.61. The lowest BCUT2D eigenvalue weighted by Gasteiger charge is -2.31. The first-order chi connectivity index (χ1) is 6.66. The molecule has 1 unspecified atom stereocenters. The summed E-state index contributed by atoms with van der Waals surface area (Å²) in [4.78, 5) is 23.7. The van der Waals surface area contributed by atoms with Crippen molar-refractivity contribution in [3.05, 3.63) is 0 Å². The van der Waals surface area contributed by atoms with Gasteiger partial charge in [0.05, 0.1) is 6.61 Å². The minimum atomic E-state index is -0.998. The van der Waals surface area contributed by atoms with Gasteiger partial charge in [-0.05, 0) is 12.8 Å². The van der Waals surface area contributed by atoms with Crippen LogP contribution < -0.4 is 0 Å². The average Bonchev–Trinajstić information content (AvgIpc) is 2.15. The van der Waals surface area contributed by atoms with Gasteiger partial charge in [-0.1, -0.05) is 0 Å². The van der Waals surface area contributed by atoms with Crippen LogP contribution in [0.2, 0.25) is 0 Å². The van der Waals surface area contributed by atoms with Crippen LogP contribution in [0.3, 0.4) is 0 Å². The topological polar surface area (TPSA) is 66.8 Å². The van der Waals surface area contributed by atoms with Crippen LogP contribution >= 0.6 is 0 Å². The molecule has 0 radical (unpaired) electrons. The summed E-state index contributed by atoms with van der Waals surface area (Å²) in [6, 6.07) is -0.826. The Morgan fingerprint density at radius 2 is 2.36 bits per heavy atom. The van der Waals surface area contributed by atoms with Crippen molar-refractivity contribution >= 4 is 11.9 Å². The van der Waals surface area contributed by atoms with E-state index < -0.39 is 12.0 Å². The Morgan fingerprint density at radius 3 is 2.86 bits per heavy atom. The van der Waals surface area contributed by atoms with Crippen molar-refractivity contribution in [3.8, 4) is 0 Å². The van der Waals surface area contributed by atoms with Gasteiger partial charge >= 0.3 is 5.97 Å². The molecule has 1 aliphatic heterocycles. The molecule has 14 heavy (non-hydrogen) atoms. The maximum atomic E-state index is 11.4. The highest BCUT2D eigenvalue weighted by Crippen LogP contribution is 2.14. The van der Waals surface area contributed by atoms with E-state index >= 15 is 0 Å². The van der Waals surface area contributed by atoms with E-state index in [-0.39, 0.29) is 12.5 Å². The summed E-state index contributed by atoms with van der Waals surface area (Å²) >= 11 is 0. The summed E-state index contributed by atoms with van der Waals surface area (Å²) < 4.78 is 4.79. The van der Waals surface area contributed by atoms with Gasteiger partial charge in [0.2, 0.25) is 5.91 Å². The summed E-state index contributed by atoms with van der Waals surface area (Å²) in [6.45, 7) is 0.584. The number of amides is 1. The smallest absolute Gasteiger partial charge is 0.328 e. The fourth-order valence-corrected chi connectivity index (χ4v) is 1.61. The van der Waals surface area contributed by atoms with Crippen molar-refractivity contribution in [1.29, 1.82) is 0 Å². The van der Waals surface area contributed by atoms with Crippen molar-refractivity contribution in [3.63, 3.8) is 0 Å². The zero-order chi connectivity index (χ0) is 10.6. The Balaban J connectivity index is 2.65. The van der Waals surface area contributed by atoms with E-state index in [9.17, 15) is 9.59 Å². The molecule has 1 heterocycles. The number of carbonyl (C=O) groups excluding carboxylic acids is 1. The molecule has 1 N–H and O–H groups in total. The molecule has 0 bridgehead atoms. The number of carboxylic acids is 1. The van der Waals surface area contributed by atoms with Crippen LogP contribution in [-0.4, -0.2) is 48.2 Å². The van der Waals surface area contributed by atoms with Crippen molar-refractivity contribution in [2.45, 2.75) is 25.3 Å². The van der Waals surface area contributed by atoms with E-state index in [1.54, 1.807) is 0 Å². The van der Waals surface area contributed by atoms with Crippen LogP contribution in [0.25, 0.3) is 0 Å². The summed E-state index contributed by atoms with van der Waals surface area (Å²) in [5.74, 6) is -1.08. The number of hydrogen-bond acceptors (Lipinski definition) is 3. The lowest BCUT2D eigenvalue weighted by atomic mass is 10.1. The molecule has 0 aromatic heterocycles. The second kappa shape index (κ2) is 4.95. The molecule has 0 aliphatic carbocycles. The van der Waals surface area contributed by atoms with Crippen LogP contribution in [0.5, 0.6) is 0 Å². The molecule has 80 valence electrons. The number of piperidine rings is 1. The third-order valence-corrected chi connectivity index (χ3v) is 2.35. The number of aliphatic carboxylic acids is 1. The monoisotopic (exact) mass is 201 g/mol. The van der Waals surface area contributed by atoms with Gasteiger partial charge < -0.3 is 14.7 Å². The molecule has 1 rings (SSSR count). The number of methoxy groups -OCH3 is 1. The molecule has 5 heteroatoms. The molecular formula is C9H15NO4. The molecule has 1 amide bonds. The van der Waals surface area contributed by atoms with Gasteiger partial charge in [-0.25, -0.2) is 4.79 Å². The minimum absolute atomic E-state index is 0.0566. The van der Waals surface area contributed by atoms with Crippen LogP contribution in [0.1, 0.15) is 19.3 Å². The molecule has 1 atom stereocenters. The highest BCUT2D eigenvalue weighted by atomic mass is 16.5. The standard InChI is InChI=1S/C9H15NO4/c1-14-6-7(9(12)13)10-5-3-2-4-8(10)11/h7H,2-6H2,1H3,(H,12,13). The summed E-state index contributed by atoms with van der Waals surface area (Å²) in [5.41, 5.74) is 0. The Kier molecular flexibility index (Phi) is 3.88. The van der Waals surface area contributed by atoms with Gasteiger partial charge in [0.15, 0.2) is 6.04 Å². The molecule has 0 aromatic carbocycles. The lowest BCUT2D eigenvalue weighted by molar-refractivity contribution is -0.153. The Bertz CT molecular complexity index is 227. The average molecular weight is 201 g/mol. The fraction of sp³-hybridized carbons (Fsp3) is 0.778. The molecule has 0 saturated carbocycles. The number of nitrogens with zero attached hydrogens (tertiary/aromatic N) is 1. The lowest BCUT2D eigenvalue weighted by Crippen LogP contribution is -2.49. The Hall–Kier alpha value is -1.10. The third kappa shape index (κ3) is 2.45. The molecule has 1 fully saturated rings. The second-order valence-corrected chi connectivity index (χ2v) is 3.35. The first kappa shape index (κ1) is 11.0. The van der Waals surface area contributed by atoms with Gasteiger partial charge in [0.25, 0.3) is 0 Å². The van der Waals surface area contributed by atoms with Gasteiger partial charge in [0.1, 0.15) is 0 Å². The van der Waals surface area contributed by atoms with E-state index in [1.165, 1.54) is 12.0 Å².